The van der Waals surface area contributed by atoms with Crippen LogP contribution in [0.3, 0.4) is 0 Å². The molecule has 2 saturated heterocycles. The third-order valence-electron chi connectivity index (χ3n) is 7.19. The van der Waals surface area contributed by atoms with Gasteiger partial charge in [-0.3, -0.25) is 43.7 Å². The van der Waals surface area contributed by atoms with E-state index >= 15 is 0 Å². The zero-order chi connectivity index (χ0) is 39.6. The van der Waals surface area contributed by atoms with E-state index in [1.165, 1.54) is 12.1 Å². The molecule has 1 aromatic rings. The fraction of sp³-hybridized carbons (Fsp3) is 0.594. The van der Waals surface area contributed by atoms with Gasteiger partial charge in [0.15, 0.2) is 30.7 Å². The second-order valence-corrected chi connectivity index (χ2v) is 11.5. The van der Waals surface area contributed by atoms with Gasteiger partial charge in [0.25, 0.3) is 5.69 Å². The minimum atomic E-state index is -1.85. The average molecular weight is 758 g/mol. The molecule has 10 atom stereocenters. The predicted molar refractivity (Wildman–Crippen MR) is 167 cm³/mol. The van der Waals surface area contributed by atoms with Crippen LogP contribution in [0.15, 0.2) is 24.3 Å². The smallest absolute Gasteiger partial charge is 0.303 e. The van der Waals surface area contributed by atoms with E-state index in [0.717, 1.165) is 60.6 Å². The van der Waals surface area contributed by atoms with Crippen LogP contribution in [0.25, 0.3) is 0 Å². The van der Waals surface area contributed by atoms with E-state index in [2.05, 4.69) is 0 Å². The SMILES string of the molecule is CC(=O)OCC1O[C@@H](Oc2ccc([N+](=O)[O-])cc2)[C@@H](OC(C)=O)C(OC(C)=O)[C@@H]1O[C@@H]1OC(COC(C)=O)[C@H](OC(C)=O)C(OC(C)=O)[C@@H]1OC(C)=O. The van der Waals surface area contributed by atoms with Crippen LogP contribution in [0.2, 0.25) is 0 Å². The summed E-state index contributed by atoms with van der Waals surface area (Å²) in [7, 11) is 0. The van der Waals surface area contributed by atoms with Crippen molar-refractivity contribution in [1.29, 1.82) is 0 Å². The Morgan fingerprint density at radius 2 is 0.925 bits per heavy atom. The molecule has 292 valence electrons. The van der Waals surface area contributed by atoms with E-state index in [0.29, 0.717) is 0 Å². The summed E-state index contributed by atoms with van der Waals surface area (Å²) in [4.78, 5) is 96.0. The molecule has 0 saturated carbocycles. The third kappa shape index (κ3) is 12.4. The molecular formula is C32H39NO20. The molecule has 21 heteroatoms. The summed E-state index contributed by atoms with van der Waals surface area (Å²) in [5.41, 5.74) is -0.276. The summed E-state index contributed by atoms with van der Waals surface area (Å²) < 4.78 is 61.9. The minimum absolute atomic E-state index is 0.0236. The van der Waals surface area contributed by atoms with Gasteiger partial charge in [-0.1, -0.05) is 0 Å². The average Bonchev–Trinajstić information content (AvgIpc) is 3.03. The first kappa shape index (κ1) is 42.0. The Kier molecular flexibility index (Phi) is 15.0. The number of esters is 7. The van der Waals surface area contributed by atoms with Crippen molar-refractivity contribution in [3.63, 3.8) is 0 Å². The number of benzene rings is 1. The number of carbonyl (C=O) groups excluding carboxylic acids is 7. The lowest BCUT2D eigenvalue weighted by Crippen LogP contribution is -2.67. The van der Waals surface area contributed by atoms with Gasteiger partial charge in [-0.25, -0.2) is 0 Å². The lowest BCUT2D eigenvalue weighted by molar-refractivity contribution is -0.384. The molecule has 3 rings (SSSR count). The molecule has 21 nitrogen and oxygen atoms in total. The lowest BCUT2D eigenvalue weighted by Gasteiger charge is -2.48. The number of nitro groups is 1. The molecule has 2 aliphatic heterocycles. The highest BCUT2D eigenvalue weighted by Gasteiger charge is 2.58. The normalized spacial score (nSPS) is 27.9. The second-order valence-electron chi connectivity index (χ2n) is 11.5. The zero-order valence-corrected chi connectivity index (χ0v) is 29.6. The van der Waals surface area contributed by atoms with Gasteiger partial charge in [-0.05, 0) is 12.1 Å². The van der Waals surface area contributed by atoms with Crippen molar-refractivity contribution in [3.8, 4) is 5.75 Å². The second kappa shape index (κ2) is 18.9. The Hall–Kier alpha value is -5.41. The van der Waals surface area contributed by atoms with Gasteiger partial charge in [0, 0.05) is 60.6 Å². The van der Waals surface area contributed by atoms with Crippen LogP contribution >= 0.6 is 0 Å². The van der Waals surface area contributed by atoms with Gasteiger partial charge >= 0.3 is 41.8 Å². The van der Waals surface area contributed by atoms with Gasteiger partial charge in [0.1, 0.15) is 37.3 Å². The molecule has 0 aromatic heterocycles. The Morgan fingerprint density at radius 1 is 0.547 bits per heavy atom. The number of ether oxygens (including phenoxy) is 11. The van der Waals surface area contributed by atoms with Crippen molar-refractivity contribution in [2.75, 3.05) is 13.2 Å². The van der Waals surface area contributed by atoms with Crippen LogP contribution in [0, 0.1) is 10.1 Å². The molecule has 0 N–H and O–H groups in total. The summed E-state index contributed by atoms with van der Waals surface area (Å²) in [6, 6.07) is 4.67. The first-order valence-electron chi connectivity index (χ1n) is 15.9. The lowest BCUT2D eigenvalue weighted by atomic mass is 9.96. The Morgan fingerprint density at radius 3 is 1.36 bits per heavy atom. The van der Waals surface area contributed by atoms with Gasteiger partial charge in [0.05, 0.1) is 4.92 Å². The Labute approximate surface area is 301 Å². The number of carbonyl (C=O) groups is 7. The van der Waals surface area contributed by atoms with E-state index in [1.54, 1.807) is 0 Å². The summed E-state index contributed by atoms with van der Waals surface area (Å²) in [6.45, 7) is 6.00. The van der Waals surface area contributed by atoms with E-state index in [9.17, 15) is 43.7 Å². The molecule has 4 unspecified atom stereocenters. The number of non-ortho nitro benzene ring substituents is 1. The molecule has 0 radical (unpaired) electrons. The molecule has 2 aliphatic rings. The summed E-state index contributed by atoms with van der Waals surface area (Å²) >= 11 is 0. The van der Waals surface area contributed by atoms with Gasteiger partial charge < -0.3 is 52.1 Å². The monoisotopic (exact) mass is 757 g/mol. The fourth-order valence-corrected chi connectivity index (χ4v) is 5.35. The van der Waals surface area contributed by atoms with Crippen LogP contribution in [0.5, 0.6) is 5.75 Å². The minimum Gasteiger partial charge on any atom is -0.463 e. The van der Waals surface area contributed by atoms with E-state index < -0.39 is 121 Å². The maximum Gasteiger partial charge on any atom is 0.303 e. The largest absolute Gasteiger partial charge is 0.463 e. The van der Waals surface area contributed by atoms with E-state index in [4.69, 9.17) is 52.1 Å². The van der Waals surface area contributed by atoms with E-state index in [1.807, 2.05) is 0 Å². The molecule has 0 amide bonds. The van der Waals surface area contributed by atoms with Crippen molar-refractivity contribution < 1.29 is 90.6 Å². The number of nitrogens with zero attached hydrogens (tertiary/aromatic N) is 1. The Bertz CT molecular complexity index is 1530. The van der Waals surface area contributed by atoms with Crippen LogP contribution in [-0.4, -0.2) is 121 Å². The number of hydrogen-bond donors (Lipinski definition) is 0. The molecule has 2 fully saturated rings. The number of rotatable bonds is 14. The first-order chi connectivity index (χ1) is 24.9. The number of hydrogen-bond acceptors (Lipinski definition) is 20. The highest BCUT2D eigenvalue weighted by atomic mass is 16.8. The molecule has 1 aromatic carbocycles. The van der Waals surface area contributed by atoms with Crippen LogP contribution in [0.1, 0.15) is 48.5 Å². The van der Waals surface area contributed by atoms with Crippen LogP contribution in [-0.2, 0) is 80.9 Å². The molecule has 53 heavy (non-hydrogen) atoms. The quantitative estimate of drug-likeness (QED) is 0.109. The van der Waals surface area contributed by atoms with Crippen molar-refractivity contribution in [1.82, 2.24) is 0 Å². The Balaban J connectivity index is 2.16. The fourth-order valence-electron chi connectivity index (χ4n) is 5.35. The molecule has 0 bridgehead atoms. The summed E-state index contributed by atoms with van der Waals surface area (Å²) in [5.74, 6) is -6.22. The summed E-state index contributed by atoms with van der Waals surface area (Å²) in [5, 5.41) is 11.2. The van der Waals surface area contributed by atoms with Crippen molar-refractivity contribution >= 4 is 47.5 Å². The topological polar surface area (TPSA) is 264 Å². The van der Waals surface area contributed by atoms with Crippen molar-refractivity contribution in [2.45, 2.75) is 110 Å². The van der Waals surface area contributed by atoms with Crippen molar-refractivity contribution in [3.05, 3.63) is 34.4 Å². The molecule has 0 aliphatic carbocycles. The highest BCUT2D eigenvalue weighted by molar-refractivity contribution is 5.69. The molecule has 2 heterocycles. The van der Waals surface area contributed by atoms with E-state index in [-0.39, 0.29) is 11.4 Å². The van der Waals surface area contributed by atoms with Crippen molar-refractivity contribution in [2.24, 2.45) is 0 Å². The molecular weight excluding hydrogens is 718 g/mol. The number of nitro benzene ring substituents is 1. The third-order valence-corrected chi connectivity index (χ3v) is 7.19. The first-order valence-corrected chi connectivity index (χ1v) is 15.9. The summed E-state index contributed by atoms with van der Waals surface area (Å²) in [6.07, 6.45) is -16.4. The van der Waals surface area contributed by atoms with Gasteiger partial charge in [-0.15, -0.1) is 0 Å². The molecule has 0 spiro atoms. The van der Waals surface area contributed by atoms with Crippen LogP contribution in [0.4, 0.5) is 5.69 Å². The standard InChI is InChI=1S/C32H39NO20/c1-14(34)43-12-23-25(45-16(3)36)27(46-17(4)37)30(49-20(7)40)32(52-23)53-26-24(13-44-15(2)35)51-31(29(48-19(6)39)28(26)47-18(5)38)50-22-10-8-21(9-11-22)33(41)42/h8-11,23-32H,12-13H2,1-7H3/t23?,24?,25-,26+,27?,28?,29-,30-,31+,32-/m0/s1. The maximum atomic E-state index is 12.5. The van der Waals surface area contributed by atoms with Gasteiger partial charge in [0.2, 0.25) is 12.4 Å². The highest BCUT2D eigenvalue weighted by Crippen LogP contribution is 2.36. The van der Waals surface area contributed by atoms with Gasteiger partial charge in [-0.2, -0.15) is 0 Å². The predicted octanol–water partition coefficient (Wildman–Crippen LogP) is 0.593. The van der Waals surface area contributed by atoms with Crippen LogP contribution < -0.4 is 4.74 Å². The maximum absolute atomic E-state index is 12.5. The zero-order valence-electron chi connectivity index (χ0n) is 29.6.